The van der Waals surface area contributed by atoms with Gasteiger partial charge in [-0.1, -0.05) is 13.8 Å². The zero-order valence-corrected chi connectivity index (χ0v) is 13.2. The molecule has 1 heterocycles. The molecule has 100 valence electrons. The Morgan fingerprint density at radius 1 is 1.50 bits per heavy atom. The van der Waals surface area contributed by atoms with Crippen molar-refractivity contribution in [1.82, 2.24) is 14.7 Å². The summed E-state index contributed by atoms with van der Waals surface area (Å²) in [6.07, 6.45) is 0.926. The van der Waals surface area contributed by atoms with E-state index in [4.69, 9.17) is 5.26 Å². The minimum Gasteiger partial charge on any atom is -0.296 e. The highest BCUT2D eigenvalue weighted by Gasteiger charge is 2.16. The second-order valence-corrected chi connectivity index (χ2v) is 5.34. The number of aryl methyl sites for hydroxylation is 2. The molecule has 1 rings (SSSR count). The second kappa shape index (κ2) is 6.91. The first-order chi connectivity index (χ1) is 8.53. The van der Waals surface area contributed by atoms with Crippen LogP contribution in [0.3, 0.4) is 0 Å². The molecule has 0 spiro atoms. The van der Waals surface area contributed by atoms with Crippen molar-refractivity contribution in [2.45, 2.75) is 33.7 Å². The molecule has 5 heteroatoms. The van der Waals surface area contributed by atoms with Gasteiger partial charge in [0.05, 0.1) is 27.8 Å². The van der Waals surface area contributed by atoms with Gasteiger partial charge in [0.2, 0.25) is 0 Å². The van der Waals surface area contributed by atoms with Gasteiger partial charge in [-0.15, -0.1) is 0 Å². The molecule has 0 aliphatic rings. The normalized spacial score (nSPS) is 12.7. The van der Waals surface area contributed by atoms with Crippen LogP contribution in [0.25, 0.3) is 0 Å². The molecule has 0 bridgehead atoms. The number of aromatic nitrogens is 2. The lowest BCUT2D eigenvalue weighted by Crippen LogP contribution is -2.28. The zero-order chi connectivity index (χ0) is 13.7. The summed E-state index contributed by atoms with van der Waals surface area (Å²) >= 11 is 3.63. The van der Waals surface area contributed by atoms with Gasteiger partial charge in [-0.25, -0.2) is 0 Å². The Bertz CT molecular complexity index is 433. The largest absolute Gasteiger partial charge is 0.296 e. The number of rotatable bonds is 6. The number of nitrogens with zero attached hydrogens (tertiary/aromatic N) is 4. The van der Waals surface area contributed by atoms with E-state index in [1.54, 1.807) is 0 Å². The zero-order valence-electron chi connectivity index (χ0n) is 11.6. The third kappa shape index (κ3) is 3.56. The van der Waals surface area contributed by atoms with E-state index in [2.05, 4.69) is 45.8 Å². The van der Waals surface area contributed by atoms with Crippen LogP contribution in [0, 0.1) is 17.2 Å². The molecule has 0 saturated heterocycles. The summed E-state index contributed by atoms with van der Waals surface area (Å²) in [5, 5.41) is 13.4. The van der Waals surface area contributed by atoms with E-state index in [-0.39, 0.29) is 5.92 Å². The van der Waals surface area contributed by atoms with Crippen molar-refractivity contribution in [2.24, 2.45) is 13.0 Å². The van der Waals surface area contributed by atoms with Gasteiger partial charge in [0, 0.05) is 20.1 Å². The van der Waals surface area contributed by atoms with Crippen LogP contribution in [-0.2, 0) is 20.0 Å². The quantitative estimate of drug-likeness (QED) is 0.811. The fourth-order valence-electron chi connectivity index (χ4n) is 1.94. The van der Waals surface area contributed by atoms with Crippen LogP contribution in [0.4, 0.5) is 0 Å². The summed E-state index contributed by atoms with van der Waals surface area (Å²) in [5.41, 5.74) is 2.27. The van der Waals surface area contributed by atoms with Crippen molar-refractivity contribution in [3.05, 3.63) is 15.9 Å². The summed E-state index contributed by atoms with van der Waals surface area (Å²) in [6.45, 7) is 8.74. The molecule has 4 nitrogen and oxygen atoms in total. The van der Waals surface area contributed by atoms with Crippen molar-refractivity contribution in [3.63, 3.8) is 0 Å². The fraction of sp³-hybridized carbons (Fsp3) is 0.692. The van der Waals surface area contributed by atoms with Crippen molar-refractivity contribution in [2.75, 3.05) is 13.1 Å². The number of halogens is 1. The fourth-order valence-corrected chi connectivity index (χ4v) is 2.68. The summed E-state index contributed by atoms with van der Waals surface area (Å²) in [7, 11) is 1.97. The van der Waals surface area contributed by atoms with Crippen LogP contribution in [0.2, 0.25) is 0 Å². The molecule has 18 heavy (non-hydrogen) atoms. The average Bonchev–Trinajstić information content (AvgIpc) is 2.64. The number of hydrogen-bond donors (Lipinski definition) is 0. The monoisotopic (exact) mass is 312 g/mol. The number of hydrogen-bond acceptors (Lipinski definition) is 3. The molecule has 1 aromatic rings. The Morgan fingerprint density at radius 2 is 2.17 bits per heavy atom. The van der Waals surface area contributed by atoms with Crippen LogP contribution >= 0.6 is 15.9 Å². The predicted octanol–water partition coefficient (Wildman–Crippen LogP) is 2.73. The topological polar surface area (TPSA) is 44.9 Å². The smallest absolute Gasteiger partial charge is 0.0767 e. The summed E-state index contributed by atoms with van der Waals surface area (Å²) in [4.78, 5) is 2.27. The van der Waals surface area contributed by atoms with Crippen molar-refractivity contribution >= 4 is 15.9 Å². The van der Waals surface area contributed by atoms with Gasteiger partial charge >= 0.3 is 0 Å². The Labute approximate surface area is 118 Å². The maximum Gasteiger partial charge on any atom is 0.0767 e. The first kappa shape index (κ1) is 15.2. The standard InChI is InChI=1S/C13H21BrN4/c1-5-11-13(14)12(17(4)16-11)9-18(6-2)8-10(3)7-15/h10H,5-6,8-9H2,1-4H3. The Hall–Kier alpha value is -0.860. The van der Waals surface area contributed by atoms with Crippen molar-refractivity contribution in [3.8, 4) is 6.07 Å². The molecule has 0 fully saturated rings. The van der Waals surface area contributed by atoms with Crippen LogP contribution < -0.4 is 0 Å². The molecule has 0 amide bonds. The van der Waals surface area contributed by atoms with E-state index in [9.17, 15) is 0 Å². The molecule has 1 atom stereocenters. The molecule has 1 unspecified atom stereocenters. The van der Waals surface area contributed by atoms with E-state index in [0.29, 0.717) is 0 Å². The highest BCUT2D eigenvalue weighted by atomic mass is 79.9. The molecular weight excluding hydrogens is 292 g/mol. The Balaban J connectivity index is 2.82. The highest BCUT2D eigenvalue weighted by Crippen LogP contribution is 2.23. The van der Waals surface area contributed by atoms with Gasteiger partial charge < -0.3 is 0 Å². The maximum absolute atomic E-state index is 8.89. The van der Waals surface area contributed by atoms with Gasteiger partial charge in [-0.2, -0.15) is 10.4 Å². The van der Waals surface area contributed by atoms with Crippen molar-refractivity contribution in [1.29, 1.82) is 5.26 Å². The van der Waals surface area contributed by atoms with Crippen LogP contribution in [0.5, 0.6) is 0 Å². The summed E-state index contributed by atoms with van der Waals surface area (Å²) in [6, 6.07) is 2.29. The lowest BCUT2D eigenvalue weighted by molar-refractivity contribution is 0.253. The Kier molecular flexibility index (Phi) is 5.83. The van der Waals surface area contributed by atoms with E-state index < -0.39 is 0 Å². The highest BCUT2D eigenvalue weighted by molar-refractivity contribution is 9.10. The minimum atomic E-state index is 0.0580. The second-order valence-electron chi connectivity index (χ2n) is 4.54. The Morgan fingerprint density at radius 3 is 2.61 bits per heavy atom. The lowest BCUT2D eigenvalue weighted by atomic mass is 10.2. The molecule has 1 aromatic heterocycles. The molecule has 0 saturated carbocycles. The number of nitriles is 1. The van der Waals surface area contributed by atoms with Crippen LogP contribution in [0.15, 0.2) is 4.47 Å². The third-order valence-electron chi connectivity index (χ3n) is 3.08. The first-order valence-corrected chi connectivity index (χ1v) is 7.14. The lowest BCUT2D eigenvalue weighted by Gasteiger charge is -2.21. The predicted molar refractivity (Wildman–Crippen MR) is 76.0 cm³/mol. The van der Waals surface area contributed by atoms with Gasteiger partial charge in [0.15, 0.2) is 0 Å². The molecule has 0 radical (unpaired) electrons. The molecule has 0 aromatic carbocycles. The first-order valence-electron chi connectivity index (χ1n) is 6.35. The molecular formula is C13H21BrN4. The van der Waals surface area contributed by atoms with E-state index in [1.165, 1.54) is 5.69 Å². The minimum absolute atomic E-state index is 0.0580. The summed E-state index contributed by atoms with van der Waals surface area (Å²) in [5.74, 6) is 0.0580. The van der Waals surface area contributed by atoms with Crippen LogP contribution in [0.1, 0.15) is 32.2 Å². The van der Waals surface area contributed by atoms with Gasteiger partial charge in [0.1, 0.15) is 0 Å². The van der Waals surface area contributed by atoms with Gasteiger partial charge in [-0.3, -0.25) is 9.58 Å². The van der Waals surface area contributed by atoms with Gasteiger partial charge in [0.25, 0.3) is 0 Å². The van der Waals surface area contributed by atoms with E-state index >= 15 is 0 Å². The SMILES string of the molecule is CCc1nn(C)c(CN(CC)CC(C)C#N)c1Br. The maximum atomic E-state index is 8.89. The van der Waals surface area contributed by atoms with Crippen molar-refractivity contribution < 1.29 is 0 Å². The van der Waals surface area contributed by atoms with Gasteiger partial charge in [-0.05, 0) is 35.8 Å². The molecule has 0 N–H and O–H groups in total. The average molecular weight is 313 g/mol. The third-order valence-corrected chi connectivity index (χ3v) is 3.99. The van der Waals surface area contributed by atoms with Crippen LogP contribution in [-0.4, -0.2) is 27.8 Å². The van der Waals surface area contributed by atoms with E-state index in [1.807, 2.05) is 18.7 Å². The molecule has 0 aliphatic carbocycles. The summed E-state index contributed by atoms with van der Waals surface area (Å²) < 4.78 is 3.04. The molecule has 0 aliphatic heterocycles. The van der Waals surface area contributed by atoms with E-state index in [0.717, 1.165) is 36.2 Å².